The van der Waals surface area contributed by atoms with Crippen LogP contribution in [0.1, 0.15) is 19.3 Å². The van der Waals surface area contributed by atoms with Crippen molar-refractivity contribution in [2.24, 2.45) is 5.92 Å². The van der Waals surface area contributed by atoms with Gasteiger partial charge >= 0.3 is 0 Å². The molecule has 9 heteroatoms. The number of ether oxygens (including phenoxy) is 1. The highest BCUT2D eigenvalue weighted by Gasteiger charge is 2.25. The van der Waals surface area contributed by atoms with Crippen molar-refractivity contribution in [1.29, 1.82) is 0 Å². The van der Waals surface area contributed by atoms with Crippen LogP contribution >= 0.6 is 11.3 Å². The molecule has 2 N–H and O–H groups in total. The molecule has 0 bridgehead atoms. The number of amides is 1. The summed E-state index contributed by atoms with van der Waals surface area (Å²) in [4.78, 5) is 16.8. The second kappa shape index (κ2) is 7.40. The second-order valence-corrected chi connectivity index (χ2v) is 9.29. The maximum absolute atomic E-state index is 12.5. The Morgan fingerprint density at radius 1 is 1.21 bits per heavy atom. The van der Waals surface area contributed by atoms with Crippen molar-refractivity contribution in [3.05, 3.63) is 42.5 Å². The molecule has 2 aromatic carbocycles. The summed E-state index contributed by atoms with van der Waals surface area (Å²) in [7, 11) is -2.22. The van der Waals surface area contributed by atoms with Crippen molar-refractivity contribution < 1.29 is 17.9 Å². The number of benzene rings is 2. The van der Waals surface area contributed by atoms with E-state index >= 15 is 0 Å². The minimum Gasteiger partial charge on any atom is -0.494 e. The molecule has 1 aliphatic carbocycles. The quantitative estimate of drug-likeness (QED) is 0.635. The third-order valence-corrected chi connectivity index (χ3v) is 7.10. The summed E-state index contributed by atoms with van der Waals surface area (Å²) in [6.07, 6.45) is 2.91. The number of hydrogen-bond donors (Lipinski definition) is 2. The molecule has 1 fully saturated rings. The Labute approximate surface area is 166 Å². The highest BCUT2D eigenvalue weighted by Crippen LogP contribution is 2.37. The fourth-order valence-corrected chi connectivity index (χ4v) is 5.14. The van der Waals surface area contributed by atoms with Crippen LogP contribution < -0.4 is 14.8 Å². The molecule has 0 spiro atoms. The Balaban J connectivity index is 1.63. The maximum atomic E-state index is 12.5. The summed E-state index contributed by atoms with van der Waals surface area (Å²) < 4.78 is 33.7. The third kappa shape index (κ3) is 3.67. The number of thiazole rings is 1. The van der Waals surface area contributed by atoms with Crippen LogP contribution in [0.4, 0.5) is 10.8 Å². The smallest absolute Gasteiger partial charge is 0.263 e. The van der Waals surface area contributed by atoms with E-state index in [1.54, 1.807) is 30.3 Å². The highest BCUT2D eigenvalue weighted by molar-refractivity contribution is 7.93. The van der Waals surface area contributed by atoms with Crippen LogP contribution in [0.2, 0.25) is 0 Å². The molecular formula is C19H19N3O4S2. The number of fused-ring (bicyclic) bond motifs is 1. The maximum Gasteiger partial charge on any atom is 0.263 e. The standard InChI is InChI=1S/C19H19N3O4S2/c1-26-15-10-13(20-18(23)12-6-5-7-12)11-16-17(15)21-19(27-16)22-28(24,25)14-8-3-2-4-9-14/h2-4,8-12H,5-7H2,1H3,(H,20,23)(H,21,22). The molecule has 0 unspecified atom stereocenters. The van der Waals surface area contributed by atoms with Gasteiger partial charge in [0.15, 0.2) is 5.13 Å². The normalized spacial score (nSPS) is 14.5. The van der Waals surface area contributed by atoms with Gasteiger partial charge < -0.3 is 10.1 Å². The van der Waals surface area contributed by atoms with Gasteiger partial charge in [0.1, 0.15) is 11.3 Å². The number of carbonyl (C=O) groups is 1. The molecule has 0 atom stereocenters. The number of carbonyl (C=O) groups excluding carboxylic acids is 1. The topological polar surface area (TPSA) is 97.4 Å². The molecule has 1 aromatic heterocycles. The van der Waals surface area contributed by atoms with Crippen LogP contribution in [-0.2, 0) is 14.8 Å². The van der Waals surface area contributed by atoms with E-state index in [1.807, 2.05) is 0 Å². The summed E-state index contributed by atoms with van der Waals surface area (Å²) in [6.45, 7) is 0. The summed E-state index contributed by atoms with van der Waals surface area (Å²) in [5, 5.41) is 3.15. The van der Waals surface area contributed by atoms with Gasteiger partial charge in [-0.2, -0.15) is 0 Å². The van der Waals surface area contributed by atoms with E-state index in [4.69, 9.17) is 4.74 Å². The first-order valence-corrected chi connectivity index (χ1v) is 11.1. The van der Waals surface area contributed by atoms with Gasteiger partial charge in [-0.15, -0.1) is 0 Å². The lowest BCUT2D eigenvalue weighted by Crippen LogP contribution is -2.27. The molecule has 1 amide bonds. The van der Waals surface area contributed by atoms with E-state index in [0.29, 0.717) is 21.7 Å². The average molecular weight is 418 g/mol. The summed E-state index contributed by atoms with van der Waals surface area (Å²) in [6, 6.07) is 11.6. The van der Waals surface area contributed by atoms with E-state index in [0.717, 1.165) is 19.3 Å². The number of nitrogens with zero attached hydrogens (tertiary/aromatic N) is 1. The number of rotatable bonds is 6. The monoisotopic (exact) mass is 417 g/mol. The van der Waals surface area contributed by atoms with Crippen molar-refractivity contribution in [3.63, 3.8) is 0 Å². The average Bonchev–Trinajstić information content (AvgIpc) is 3.01. The zero-order chi connectivity index (χ0) is 19.7. The van der Waals surface area contributed by atoms with Gasteiger partial charge in [0, 0.05) is 17.7 Å². The van der Waals surface area contributed by atoms with Crippen LogP contribution in [0, 0.1) is 5.92 Å². The first-order chi connectivity index (χ1) is 13.5. The minimum atomic E-state index is -3.73. The van der Waals surface area contributed by atoms with Crippen LogP contribution in [0.3, 0.4) is 0 Å². The Morgan fingerprint density at radius 3 is 2.61 bits per heavy atom. The zero-order valence-electron chi connectivity index (χ0n) is 15.1. The molecule has 146 valence electrons. The summed E-state index contributed by atoms with van der Waals surface area (Å²) >= 11 is 1.19. The SMILES string of the molecule is COc1cc(NC(=O)C2CCC2)cc2sc(NS(=O)(=O)c3ccccc3)nc12. The van der Waals surface area contributed by atoms with E-state index in [1.165, 1.54) is 30.6 Å². The second-order valence-electron chi connectivity index (χ2n) is 6.58. The molecule has 4 rings (SSSR count). The molecule has 3 aromatic rings. The summed E-state index contributed by atoms with van der Waals surface area (Å²) in [5.74, 6) is 0.543. The number of sulfonamides is 1. The Morgan fingerprint density at radius 2 is 1.96 bits per heavy atom. The zero-order valence-corrected chi connectivity index (χ0v) is 16.8. The van der Waals surface area contributed by atoms with Crippen LogP contribution in [0.15, 0.2) is 47.4 Å². The molecule has 0 saturated heterocycles. The number of anilines is 2. The van der Waals surface area contributed by atoms with Crippen molar-refractivity contribution in [3.8, 4) is 5.75 Å². The number of aromatic nitrogens is 1. The van der Waals surface area contributed by atoms with Gasteiger partial charge in [-0.3, -0.25) is 9.52 Å². The Bertz CT molecular complexity index is 1120. The predicted octanol–water partition coefficient (Wildman–Crippen LogP) is 3.84. The molecule has 28 heavy (non-hydrogen) atoms. The van der Waals surface area contributed by atoms with E-state index in [-0.39, 0.29) is 21.9 Å². The van der Waals surface area contributed by atoms with E-state index < -0.39 is 10.0 Å². The van der Waals surface area contributed by atoms with Gasteiger partial charge in [0.05, 0.1) is 16.7 Å². The number of nitrogens with one attached hydrogen (secondary N) is 2. The predicted molar refractivity (Wildman–Crippen MR) is 109 cm³/mol. The van der Waals surface area contributed by atoms with Crippen LogP contribution in [0.5, 0.6) is 5.75 Å². The number of methoxy groups -OCH3 is 1. The van der Waals surface area contributed by atoms with Crippen molar-refractivity contribution in [2.75, 3.05) is 17.1 Å². The molecule has 0 radical (unpaired) electrons. The van der Waals surface area contributed by atoms with E-state index in [2.05, 4.69) is 15.0 Å². The van der Waals surface area contributed by atoms with Gasteiger partial charge in [0.2, 0.25) is 5.91 Å². The third-order valence-electron chi connectivity index (χ3n) is 4.70. The molecule has 7 nitrogen and oxygen atoms in total. The molecule has 0 aliphatic heterocycles. The van der Waals surface area contributed by atoms with Gasteiger partial charge in [-0.1, -0.05) is 36.0 Å². The highest BCUT2D eigenvalue weighted by atomic mass is 32.2. The Hall–Kier alpha value is -2.65. The first-order valence-electron chi connectivity index (χ1n) is 8.83. The fourth-order valence-electron chi connectivity index (χ4n) is 2.96. The first kappa shape index (κ1) is 18.7. The molecule has 1 heterocycles. The van der Waals surface area contributed by atoms with Crippen molar-refractivity contribution >= 4 is 48.3 Å². The van der Waals surface area contributed by atoms with Gasteiger partial charge in [0.25, 0.3) is 10.0 Å². The van der Waals surface area contributed by atoms with Gasteiger partial charge in [-0.25, -0.2) is 13.4 Å². The van der Waals surface area contributed by atoms with Crippen LogP contribution in [-0.4, -0.2) is 26.4 Å². The molecular weight excluding hydrogens is 398 g/mol. The Kier molecular flexibility index (Phi) is 4.94. The summed E-state index contributed by atoms with van der Waals surface area (Å²) in [5.41, 5.74) is 1.15. The lowest BCUT2D eigenvalue weighted by Gasteiger charge is -2.24. The lowest BCUT2D eigenvalue weighted by atomic mass is 9.85. The fraction of sp³-hybridized carbons (Fsp3) is 0.263. The largest absolute Gasteiger partial charge is 0.494 e. The molecule has 1 aliphatic rings. The van der Waals surface area contributed by atoms with Crippen molar-refractivity contribution in [1.82, 2.24) is 4.98 Å². The lowest BCUT2D eigenvalue weighted by molar-refractivity contribution is -0.122. The molecule has 1 saturated carbocycles. The number of hydrogen-bond acceptors (Lipinski definition) is 6. The van der Waals surface area contributed by atoms with Crippen LogP contribution in [0.25, 0.3) is 10.2 Å². The minimum absolute atomic E-state index is 0.00201. The van der Waals surface area contributed by atoms with Crippen molar-refractivity contribution in [2.45, 2.75) is 24.2 Å². The van der Waals surface area contributed by atoms with E-state index in [9.17, 15) is 13.2 Å². The van der Waals surface area contributed by atoms with Gasteiger partial charge in [-0.05, 0) is 31.0 Å².